The van der Waals surface area contributed by atoms with Crippen molar-refractivity contribution in [1.82, 2.24) is 4.98 Å². The monoisotopic (exact) mass is 257 g/mol. The van der Waals surface area contributed by atoms with Gasteiger partial charge in [-0.25, -0.2) is 0 Å². The molecule has 2 aromatic rings. The van der Waals surface area contributed by atoms with Crippen molar-refractivity contribution in [1.29, 1.82) is 0 Å². The van der Waals surface area contributed by atoms with E-state index in [0.29, 0.717) is 0 Å². The molecule has 0 saturated heterocycles. The number of rotatable bonds is 3. The predicted octanol–water partition coefficient (Wildman–Crippen LogP) is 4.88. The van der Waals surface area contributed by atoms with Gasteiger partial charge in [-0.05, 0) is 54.9 Å². The van der Waals surface area contributed by atoms with Crippen molar-refractivity contribution in [2.75, 3.05) is 0 Å². The highest BCUT2D eigenvalue weighted by atomic mass is 32.1. The molecular weight excluding hydrogens is 238 g/mol. The van der Waals surface area contributed by atoms with Crippen molar-refractivity contribution >= 4 is 11.3 Å². The van der Waals surface area contributed by atoms with E-state index in [2.05, 4.69) is 56.2 Å². The first kappa shape index (κ1) is 11.9. The lowest BCUT2D eigenvalue weighted by molar-refractivity contribution is 0.548. The SMILES string of the molecule is Cc1ccc(-c2ccc([C@@H]3CC3C(C)C)cn2)s1. The van der Waals surface area contributed by atoms with Crippen LogP contribution >= 0.6 is 11.3 Å². The van der Waals surface area contributed by atoms with Gasteiger partial charge in [-0.3, -0.25) is 4.98 Å². The molecule has 2 heteroatoms. The second-order valence-electron chi connectivity index (χ2n) is 5.64. The quantitative estimate of drug-likeness (QED) is 0.763. The Bertz CT molecular complexity index is 538. The Balaban J connectivity index is 1.78. The van der Waals surface area contributed by atoms with E-state index in [1.165, 1.54) is 21.7 Å². The fourth-order valence-corrected chi connectivity index (χ4v) is 3.52. The van der Waals surface area contributed by atoms with Crippen LogP contribution in [-0.4, -0.2) is 4.98 Å². The van der Waals surface area contributed by atoms with E-state index in [4.69, 9.17) is 0 Å². The number of hydrogen-bond donors (Lipinski definition) is 0. The first-order valence-electron chi connectivity index (χ1n) is 6.68. The lowest BCUT2D eigenvalue weighted by Gasteiger charge is -2.04. The molecule has 1 saturated carbocycles. The number of hydrogen-bond acceptors (Lipinski definition) is 2. The van der Waals surface area contributed by atoms with Crippen LogP contribution in [0.1, 0.15) is 36.6 Å². The van der Waals surface area contributed by atoms with Gasteiger partial charge in [0, 0.05) is 11.1 Å². The molecule has 1 nitrogen and oxygen atoms in total. The van der Waals surface area contributed by atoms with Crippen LogP contribution in [0, 0.1) is 18.8 Å². The standard InChI is InChI=1S/C16H19NS/c1-10(2)13-8-14(13)12-5-6-15(17-9-12)16-7-4-11(3)18-16/h4-7,9-10,13-14H,8H2,1-3H3/t13?,14-/m0/s1. The zero-order valence-corrected chi connectivity index (χ0v) is 12.0. The highest BCUT2D eigenvalue weighted by Crippen LogP contribution is 2.51. The summed E-state index contributed by atoms with van der Waals surface area (Å²) >= 11 is 1.81. The first-order chi connectivity index (χ1) is 8.65. The maximum atomic E-state index is 4.63. The van der Waals surface area contributed by atoms with Gasteiger partial charge in [0.1, 0.15) is 0 Å². The van der Waals surface area contributed by atoms with Gasteiger partial charge in [-0.1, -0.05) is 19.9 Å². The fourth-order valence-electron chi connectivity index (χ4n) is 2.68. The number of thiophene rings is 1. The molecular formula is C16H19NS. The Hall–Kier alpha value is -1.15. The Labute approximate surface area is 113 Å². The van der Waals surface area contributed by atoms with Crippen molar-refractivity contribution in [2.45, 2.75) is 33.1 Å². The number of nitrogens with zero attached hydrogens (tertiary/aromatic N) is 1. The van der Waals surface area contributed by atoms with E-state index in [9.17, 15) is 0 Å². The average Bonchev–Trinajstić information content (AvgIpc) is 3.06. The average molecular weight is 257 g/mol. The van der Waals surface area contributed by atoms with Crippen molar-refractivity contribution in [3.8, 4) is 10.6 Å². The maximum Gasteiger partial charge on any atom is 0.0801 e. The molecule has 1 fully saturated rings. The van der Waals surface area contributed by atoms with Crippen LogP contribution in [0.2, 0.25) is 0 Å². The molecule has 94 valence electrons. The second-order valence-corrected chi connectivity index (χ2v) is 6.93. The van der Waals surface area contributed by atoms with Crippen molar-refractivity contribution in [3.05, 3.63) is 40.9 Å². The topological polar surface area (TPSA) is 12.9 Å². The lowest BCUT2D eigenvalue weighted by Crippen LogP contribution is -1.93. The number of pyridine rings is 1. The summed E-state index contributed by atoms with van der Waals surface area (Å²) in [5, 5.41) is 0. The first-order valence-corrected chi connectivity index (χ1v) is 7.49. The fraction of sp³-hybridized carbons (Fsp3) is 0.438. The Morgan fingerprint density at radius 2 is 2.06 bits per heavy atom. The van der Waals surface area contributed by atoms with Crippen LogP contribution in [0.3, 0.4) is 0 Å². The van der Waals surface area contributed by atoms with E-state index >= 15 is 0 Å². The van der Waals surface area contributed by atoms with E-state index < -0.39 is 0 Å². The Morgan fingerprint density at radius 1 is 1.22 bits per heavy atom. The molecule has 18 heavy (non-hydrogen) atoms. The molecule has 0 bridgehead atoms. The Kier molecular flexibility index (Phi) is 2.98. The normalized spacial score (nSPS) is 22.4. The summed E-state index contributed by atoms with van der Waals surface area (Å²) in [7, 11) is 0. The van der Waals surface area contributed by atoms with Crippen LogP contribution in [-0.2, 0) is 0 Å². The molecule has 0 N–H and O–H groups in total. The molecule has 0 amide bonds. The molecule has 2 heterocycles. The van der Waals surface area contributed by atoms with Crippen molar-refractivity contribution in [3.63, 3.8) is 0 Å². The summed E-state index contributed by atoms with van der Waals surface area (Å²) in [5.74, 6) is 2.44. The van der Waals surface area contributed by atoms with Crippen molar-refractivity contribution < 1.29 is 0 Å². The molecule has 3 rings (SSSR count). The molecule has 0 spiro atoms. The van der Waals surface area contributed by atoms with E-state index in [0.717, 1.165) is 23.4 Å². The van der Waals surface area contributed by atoms with Gasteiger partial charge >= 0.3 is 0 Å². The zero-order valence-electron chi connectivity index (χ0n) is 11.2. The highest BCUT2D eigenvalue weighted by Gasteiger charge is 2.40. The molecule has 2 aromatic heterocycles. The summed E-state index contributed by atoms with van der Waals surface area (Å²) in [4.78, 5) is 7.25. The van der Waals surface area contributed by atoms with Gasteiger partial charge < -0.3 is 0 Å². The molecule has 2 atom stereocenters. The molecule has 1 aliphatic carbocycles. The zero-order chi connectivity index (χ0) is 12.7. The van der Waals surface area contributed by atoms with Gasteiger partial charge in [0.15, 0.2) is 0 Å². The van der Waals surface area contributed by atoms with Crippen LogP contribution in [0.4, 0.5) is 0 Å². The summed E-state index contributed by atoms with van der Waals surface area (Å²) in [5.41, 5.74) is 2.53. The number of aromatic nitrogens is 1. The van der Waals surface area contributed by atoms with Gasteiger partial charge in [-0.2, -0.15) is 0 Å². The maximum absolute atomic E-state index is 4.63. The Morgan fingerprint density at radius 3 is 2.56 bits per heavy atom. The van der Waals surface area contributed by atoms with E-state index in [1.807, 2.05) is 11.3 Å². The van der Waals surface area contributed by atoms with Gasteiger partial charge in [0.25, 0.3) is 0 Å². The molecule has 0 aromatic carbocycles. The largest absolute Gasteiger partial charge is 0.255 e. The van der Waals surface area contributed by atoms with Crippen LogP contribution in [0.15, 0.2) is 30.5 Å². The summed E-state index contributed by atoms with van der Waals surface area (Å²) in [6.45, 7) is 6.78. The smallest absolute Gasteiger partial charge is 0.0801 e. The van der Waals surface area contributed by atoms with Gasteiger partial charge in [0.2, 0.25) is 0 Å². The van der Waals surface area contributed by atoms with E-state index in [1.54, 1.807) is 0 Å². The minimum atomic E-state index is 0.761. The molecule has 1 unspecified atom stereocenters. The van der Waals surface area contributed by atoms with Crippen LogP contribution in [0.25, 0.3) is 10.6 Å². The summed E-state index contributed by atoms with van der Waals surface area (Å²) in [6.07, 6.45) is 3.42. The third kappa shape index (κ3) is 2.22. The minimum absolute atomic E-state index is 0.761. The minimum Gasteiger partial charge on any atom is -0.255 e. The van der Waals surface area contributed by atoms with Crippen LogP contribution in [0.5, 0.6) is 0 Å². The van der Waals surface area contributed by atoms with Gasteiger partial charge in [0.05, 0.1) is 10.6 Å². The molecule has 0 aliphatic heterocycles. The molecule has 0 radical (unpaired) electrons. The number of aryl methyl sites for hydroxylation is 1. The summed E-state index contributed by atoms with van der Waals surface area (Å²) in [6, 6.07) is 8.77. The lowest BCUT2D eigenvalue weighted by atomic mass is 10.0. The van der Waals surface area contributed by atoms with Crippen molar-refractivity contribution in [2.24, 2.45) is 11.8 Å². The molecule has 1 aliphatic rings. The third-order valence-electron chi connectivity index (χ3n) is 3.90. The third-order valence-corrected chi connectivity index (χ3v) is 4.93. The summed E-state index contributed by atoms with van der Waals surface area (Å²) < 4.78 is 0. The second kappa shape index (κ2) is 4.51. The predicted molar refractivity (Wildman–Crippen MR) is 78.0 cm³/mol. The van der Waals surface area contributed by atoms with Crippen LogP contribution < -0.4 is 0 Å². The van der Waals surface area contributed by atoms with Gasteiger partial charge in [-0.15, -0.1) is 11.3 Å². The highest BCUT2D eigenvalue weighted by molar-refractivity contribution is 7.15. The van der Waals surface area contributed by atoms with E-state index in [-0.39, 0.29) is 0 Å².